The molecule has 1 saturated carbocycles. The van der Waals surface area contributed by atoms with Gasteiger partial charge in [-0.1, -0.05) is 32.0 Å². The minimum atomic E-state index is -0.542. The Bertz CT molecular complexity index is 602. The average molecular weight is 269 g/mol. The highest BCUT2D eigenvalue weighted by Crippen LogP contribution is 2.41. The molecule has 106 valence electrons. The first kappa shape index (κ1) is 13.6. The predicted octanol–water partition coefficient (Wildman–Crippen LogP) is 4.11. The van der Waals surface area contributed by atoms with E-state index >= 15 is 0 Å². The molecule has 2 heteroatoms. The summed E-state index contributed by atoms with van der Waals surface area (Å²) in [5, 5.41) is 12.1. The Kier molecular flexibility index (Phi) is 3.29. The van der Waals surface area contributed by atoms with Crippen LogP contribution in [0.15, 0.2) is 36.5 Å². The van der Waals surface area contributed by atoms with Gasteiger partial charge in [0.05, 0.1) is 11.1 Å². The second-order valence-electron chi connectivity index (χ2n) is 7.05. The molecule has 0 atom stereocenters. The molecule has 1 N–H and O–H groups in total. The third-order valence-electron chi connectivity index (χ3n) is 4.79. The van der Waals surface area contributed by atoms with Gasteiger partial charge in [0.15, 0.2) is 0 Å². The number of hydrogen-bond acceptors (Lipinski definition) is 2. The Morgan fingerprint density at radius 3 is 2.50 bits per heavy atom. The van der Waals surface area contributed by atoms with Crippen molar-refractivity contribution >= 4 is 10.9 Å². The fraction of sp³-hybridized carbons (Fsp3) is 0.500. The number of benzene rings is 1. The van der Waals surface area contributed by atoms with E-state index in [1.807, 2.05) is 24.4 Å². The molecule has 0 aliphatic heterocycles. The SMILES string of the molecule is CC1(C)CCC(O)(Cc2ccnc3ccccc23)CC1. The van der Waals surface area contributed by atoms with Crippen LogP contribution in [0.4, 0.5) is 0 Å². The van der Waals surface area contributed by atoms with E-state index in [0.29, 0.717) is 5.41 Å². The van der Waals surface area contributed by atoms with Crippen LogP contribution < -0.4 is 0 Å². The number of aromatic nitrogens is 1. The Hall–Kier alpha value is -1.41. The summed E-state index contributed by atoms with van der Waals surface area (Å²) in [6.07, 6.45) is 6.60. The topological polar surface area (TPSA) is 33.1 Å². The van der Waals surface area contributed by atoms with Crippen LogP contribution in [0.2, 0.25) is 0 Å². The van der Waals surface area contributed by atoms with Gasteiger partial charge in [-0.05, 0) is 48.8 Å². The lowest BCUT2D eigenvalue weighted by atomic mass is 9.69. The summed E-state index contributed by atoms with van der Waals surface area (Å²) < 4.78 is 0. The average Bonchev–Trinajstić information content (AvgIpc) is 2.43. The van der Waals surface area contributed by atoms with Crippen molar-refractivity contribution in [3.8, 4) is 0 Å². The van der Waals surface area contributed by atoms with Gasteiger partial charge in [0.25, 0.3) is 0 Å². The zero-order valence-electron chi connectivity index (χ0n) is 12.4. The van der Waals surface area contributed by atoms with E-state index in [1.165, 1.54) is 10.9 Å². The summed E-state index contributed by atoms with van der Waals surface area (Å²) in [5.74, 6) is 0. The maximum absolute atomic E-state index is 10.9. The Balaban J connectivity index is 1.86. The van der Waals surface area contributed by atoms with Crippen LogP contribution in [0.3, 0.4) is 0 Å². The molecule has 0 bridgehead atoms. The summed E-state index contributed by atoms with van der Waals surface area (Å²) in [7, 11) is 0. The summed E-state index contributed by atoms with van der Waals surface area (Å²) in [6, 6.07) is 10.2. The maximum Gasteiger partial charge on any atom is 0.0704 e. The van der Waals surface area contributed by atoms with Crippen molar-refractivity contribution in [1.82, 2.24) is 4.98 Å². The van der Waals surface area contributed by atoms with Crippen molar-refractivity contribution in [2.24, 2.45) is 5.41 Å². The van der Waals surface area contributed by atoms with E-state index in [0.717, 1.165) is 37.6 Å². The minimum absolute atomic E-state index is 0.381. The quantitative estimate of drug-likeness (QED) is 0.890. The van der Waals surface area contributed by atoms with Crippen LogP contribution in [-0.4, -0.2) is 15.7 Å². The predicted molar refractivity (Wildman–Crippen MR) is 82.6 cm³/mol. The molecule has 20 heavy (non-hydrogen) atoms. The van der Waals surface area contributed by atoms with Crippen LogP contribution in [0.25, 0.3) is 10.9 Å². The van der Waals surface area contributed by atoms with Gasteiger partial charge in [-0.15, -0.1) is 0 Å². The molecule has 3 rings (SSSR count). The van der Waals surface area contributed by atoms with Gasteiger partial charge in [-0.3, -0.25) is 4.98 Å². The highest BCUT2D eigenvalue weighted by molar-refractivity contribution is 5.81. The highest BCUT2D eigenvalue weighted by Gasteiger charge is 2.36. The van der Waals surface area contributed by atoms with Gasteiger partial charge >= 0.3 is 0 Å². The number of pyridine rings is 1. The van der Waals surface area contributed by atoms with Crippen LogP contribution in [0.1, 0.15) is 45.1 Å². The molecular weight excluding hydrogens is 246 g/mol. The molecule has 0 radical (unpaired) electrons. The monoisotopic (exact) mass is 269 g/mol. The molecule has 0 spiro atoms. The van der Waals surface area contributed by atoms with Crippen molar-refractivity contribution in [2.75, 3.05) is 0 Å². The smallest absolute Gasteiger partial charge is 0.0704 e. The van der Waals surface area contributed by atoms with Gasteiger partial charge in [0.1, 0.15) is 0 Å². The molecule has 1 aliphatic carbocycles. The number of fused-ring (bicyclic) bond motifs is 1. The highest BCUT2D eigenvalue weighted by atomic mass is 16.3. The molecule has 0 amide bonds. The lowest BCUT2D eigenvalue weighted by Gasteiger charge is -2.40. The number of nitrogens with zero attached hydrogens (tertiary/aromatic N) is 1. The van der Waals surface area contributed by atoms with Gasteiger partial charge in [-0.25, -0.2) is 0 Å². The Morgan fingerprint density at radius 1 is 1.05 bits per heavy atom. The molecule has 0 saturated heterocycles. The van der Waals surface area contributed by atoms with Crippen LogP contribution in [0, 0.1) is 5.41 Å². The van der Waals surface area contributed by atoms with E-state index in [2.05, 4.69) is 31.0 Å². The van der Waals surface area contributed by atoms with E-state index in [1.54, 1.807) is 0 Å². The number of hydrogen-bond donors (Lipinski definition) is 1. The largest absolute Gasteiger partial charge is 0.390 e. The summed E-state index contributed by atoms with van der Waals surface area (Å²) in [5.41, 5.74) is 2.08. The first-order valence-electron chi connectivity index (χ1n) is 7.53. The second kappa shape index (κ2) is 4.85. The molecule has 2 nitrogen and oxygen atoms in total. The molecular formula is C18H23NO. The Labute approximate surface area is 120 Å². The molecule has 1 aromatic carbocycles. The van der Waals surface area contributed by atoms with Crippen molar-refractivity contribution in [3.05, 3.63) is 42.1 Å². The maximum atomic E-state index is 10.9. The summed E-state index contributed by atoms with van der Waals surface area (Å²) >= 11 is 0. The zero-order valence-corrected chi connectivity index (χ0v) is 12.4. The van der Waals surface area contributed by atoms with Gasteiger partial charge < -0.3 is 5.11 Å². The molecule has 2 aromatic rings. The van der Waals surface area contributed by atoms with Crippen molar-refractivity contribution in [2.45, 2.75) is 51.6 Å². The third-order valence-corrected chi connectivity index (χ3v) is 4.79. The van der Waals surface area contributed by atoms with Crippen molar-refractivity contribution in [3.63, 3.8) is 0 Å². The lowest BCUT2D eigenvalue weighted by molar-refractivity contribution is -0.0249. The number of rotatable bonds is 2. The fourth-order valence-electron chi connectivity index (χ4n) is 3.23. The number of para-hydroxylation sites is 1. The minimum Gasteiger partial charge on any atom is -0.390 e. The molecule has 0 unspecified atom stereocenters. The van der Waals surface area contributed by atoms with E-state index in [-0.39, 0.29) is 0 Å². The van der Waals surface area contributed by atoms with Gasteiger partial charge in [-0.2, -0.15) is 0 Å². The van der Waals surface area contributed by atoms with E-state index in [9.17, 15) is 5.11 Å². The van der Waals surface area contributed by atoms with Crippen LogP contribution >= 0.6 is 0 Å². The Morgan fingerprint density at radius 2 is 1.75 bits per heavy atom. The van der Waals surface area contributed by atoms with Crippen molar-refractivity contribution < 1.29 is 5.11 Å². The van der Waals surface area contributed by atoms with Gasteiger partial charge in [0, 0.05) is 18.0 Å². The fourth-order valence-corrected chi connectivity index (χ4v) is 3.23. The zero-order chi connectivity index (χ0) is 14.2. The summed E-state index contributed by atoms with van der Waals surface area (Å²) in [6.45, 7) is 4.60. The summed E-state index contributed by atoms with van der Waals surface area (Å²) in [4.78, 5) is 4.40. The lowest BCUT2D eigenvalue weighted by Crippen LogP contribution is -2.38. The van der Waals surface area contributed by atoms with Crippen LogP contribution in [0.5, 0.6) is 0 Å². The first-order valence-corrected chi connectivity index (χ1v) is 7.53. The normalized spacial score (nSPS) is 20.9. The first-order chi connectivity index (χ1) is 9.48. The van der Waals surface area contributed by atoms with E-state index < -0.39 is 5.60 Å². The molecule has 1 aromatic heterocycles. The standard InChI is InChI=1S/C18H23NO/c1-17(2)8-10-18(20,11-9-17)13-14-7-12-19-16-6-4-3-5-15(14)16/h3-7,12,20H,8-11,13H2,1-2H3. The third kappa shape index (κ3) is 2.71. The number of aliphatic hydroxyl groups is 1. The molecule has 1 heterocycles. The van der Waals surface area contributed by atoms with E-state index in [4.69, 9.17) is 0 Å². The molecule has 1 aliphatic rings. The van der Waals surface area contributed by atoms with Crippen molar-refractivity contribution in [1.29, 1.82) is 0 Å². The second-order valence-corrected chi connectivity index (χ2v) is 7.05. The molecule has 1 fully saturated rings. The van der Waals surface area contributed by atoms with Gasteiger partial charge in [0.2, 0.25) is 0 Å². The van der Waals surface area contributed by atoms with Crippen LogP contribution in [-0.2, 0) is 6.42 Å².